The van der Waals surface area contributed by atoms with Gasteiger partial charge in [-0.15, -0.1) is 0 Å². The molecular formula is C51H81NO8. The number of amides is 1. The van der Waals surface area contributed by atoms with Crippen LogP contribution in [0.15, 0.2) is 60.7 Å². The number of carbonyl (C=O) groups is 4. The van der Waals surface area contributed by atoms with E-state index < -0.39 is 54.8 Å². The standard InChI is InChI=1S/C51H81NO8/c1-4-6-8-10-11-12-13-14-15-16-17-18-19-20-21-22-23-24-26-34-40-47(58-42(3)54)49(55)52-45(41-53)48(60-51(57)44-37-31-28-32-38-44)46(39-33-25-9-7-5-2)59-50(56)43-35-29-27-30-36-43/h27-32,35-38,45-48,53H,4-26,33-34,39-41H2,1-3H3,(H,52,55)/t45-,46+,47+,48-/m0/s1. The molecule has 2 rings (SSSR count). The molecule has 0 spiro atoms. The zero-order chi connectivity index (χ0) is 43.5. The van der Waals surface area contributed by atoms with Gasteiger partial charge in [-0.25, -0.2) is 9.59 Å². The number of benzene rings is 2. The third-order valence-corrected chi connectivity index (χ3v) is 11.3. The van der Waals surface area contributed by atoms with Gasteiger partial charge in [0.15, 0.2) is 12.2 Å². The topological polar surface area (TPSA) is 128 Å². The molecule has 0 aliphatic heterocycles. The predicted octanol–water partition coefficient (Wildman–Crippen LogP) is 12.4. The molecule has 9 heteroatoms. The van der Waals surface area contributed by atoms with Gasteiger partial charge in [0.25, 0.3) is 5.91 Å². The van der Waals surface area contributed by atoms with Crippen molar-refractivity contribution in [3.8, 4) is 0 Å². The maximum atomic E-state index is 13.8. The van der Waals surface area contributed by atoms with Crippen LogP contribution in [0, 0.1) is 0 Å². The summed E-state index contributed by atoms with van der Waals surface area (Å²) >= 11 is 0. The van der Waals surface area contributed by atoms with Crippen molar-refractivity contribution in [1.82, 2.24) is 5.32 Å². The van der Waals surface area contributed by atoms with E-state index in [1.54, 1.807) is 60.7 Å². The van der Waals surface area contributed by atoms with Crippen molar-refractivity contribution in [3.63, 3.8) is 0 Å². The predicted molar refractivity (Wildman–Crippen MR) is 242 cm³/mol. The Bertz CT molecular complexity index is 1390. The van der Waals surface area contributed by atoms with Gasteiger partial charge in [0, 0.05) is 6.92 Å². The normalized spacial score (nSPS) is 13.2. The fraction of sp³-hybridized carbons (Fsp3) is 0.686. The molecule has 0 unspecified atom stereocenters. The van der Waals surface area contributed by atoms with Crippen LogP contribution in [0.2, 0.25) is 0 Å². The van der Waals surface area contributed by atoms with E-state index in [2.05, 4.69) is 19.2 Å². The number of nitrogens with one attached hydrogen (secondary N) is 1. The molecule has 0 fully saturated rings. The summed E-state index contributed by atoms with van der Waals surface area (Å²) in [6.07, 6.45) is 27.4. The fourth-order valence-corrected chi connectivity index (χ4v) is 7.74. The van der Waals surface area contributed by atoms with Crippen molar-refractivity contribution in [2.75, 3.05) is 6.61 Å². The van der Waals surface area contributed by atoms with Crippen molar-refractivity contribution < 1.29 is 38.5 Å². The molecule has 338 valence electrons. The number of aliphatic hydroxyl groups is 1. The van der Waals surface area contributed by atoms with Gasteiger partial charge in [-0.1, -0.05) is 198 Å². The Balaban J connectivity index is 1.91. The lowest BCUT2D eigenvalue weighted by Crippen LogP contribution is -2.55. The van der Waals surface area contributed by atoms with Crippen molar-refractivity contribution >= 4 is 23.8 Å². The van der Waals surface area contributed by atoms with Crippen molar-refractivity contribution in [1.29, 1.82) is 0 Å². The van der Waals surface area contributed by atoms with E-state index in [0.717, 1.165) is 44.9 Å². The average Bonchev–Trinajstić information content (AvgIpc) is 3.26. The second-order valence-corrected chi connectivity index (χ2v) is 16.7. The second kappa shape index (κ2) is 34.9. The monoisotopic (exact) mass is 836 g/mol. The second-order valence-electron chi connectivity index (χ2n) is 16.7. The van der Waals surface area contributed by atoms with Crippen molar-refractivity contribution in [2.24, 2.45) is 0 Å². The molecule has 0 aliphatic rings. The first-order chi connectivity index (χ1) is 29.3. The van der Waals surface area contributed by atoms with Crippen molar-refractivity contribution in [3.05, 3.63) is 71.8 Å². The third kappa shape index (κ3) is 24.5. The van der Waals surface area contributed by atoms with Gasteiger partial charge in [-0.3, -0.25) is 9.59 Å². The number of ether oxygens (including phenoxy) is 3. The van der Waals surface area contributed by atoms with Crippen LogP contribution in [-0.2, 0) is 23.8 Å². The molecule has 0 aliphatic carbocycles. The van der Waals surface area contributed by atoms with Crippen LogP contribution in [-0.4, -0.2) is 59.9 Å². The molecule has 2 aromatic carbocycles. The van der Waals surface area contributed by atoms with Crippen LogP contribution in [0.3, 0.4) is 0 Å². The van der Waals surface area contributed by atoms with Crippen LogP contribution in [0.4, 0.5) is 0 Å². The van der Waals surface area contributed by atoms with E-state index in [4.69, 9.17) is 14.2 Å². The summed E-state index contributed by atoms with van der Waals surface area (Å²) < 4.78 is 17.6. The molecule has 0 radical (unpaired) electrons. The van der Waals surface area contributed by atoms with E-state index in [1.165, 1.54) is 110 Å². The number of hydrogen-bond donors (Lipinski definition) is 2. The van der Waals surface area contributed by atoms with E-state index in [-0.39, 0.29) is 5.56 Å². The van der Waals surface area contributed by atoms with Crippen LogP contribution < -0.4 is 5.32 Å². The summed E-state index contributed by atoms with van der Waals surface area (Å²) in [5.41, 5.74) is 0.606. The highest BCUT2D eigenvalue weighted by atomic mass is 16.6. The van der Waals surface area contributed by atoms with Crippen LogP contribution >= 0.6 is 0 Å². The zero-order valence-electron chi connectivity index (χ0n) is 37.7. The Hall–Kier alpha value is -3.72. The molecular weight excluding hydrogens is 755 g/mol. The smallest absolute Gasteiger partial charge is 0.338 e. The number of unbranched alkanes of at least 4 members (excludes halogenated alkanes) is 23. The number of carbonyl (C=O) groups excluding carboxylic acids is 4. The summed E-state index contributed by atoms with van der Waals surface area (Å²) in [4.78, 5) is 52.8. The summed E-state index contributed by atoms with van der Waals surface area (Å²) in [5.74, 6) is -2.47. The lowest BCUT2D eigenvalue weighted by atomic mass is 9.98. The third-order valence-electron chi connectivity index (χ3n) is 11.3. The molecule has 0 heterocycles. The minimum Gasteiger partial charge on any atom is -0.455 e. The lowest BCUT2D eigenvalue weighted by molar-refractivity contribution is -0.155. The molecule has 2 aromatic rings. The van der Waals surface area contributed by atoms with Gasteiger partial charge in [-0.05, 0) is 49.9 Å². The maximum Gasteiger partial charge on any atom is 0.338 e. The maximum absolute atomic E-state index is 13.8. The van der Waals surface area contributed by atoms with E-state index in [0.29, 0.717) is 31.2 Å². The fourth-order valence-electron chi connectivity index (χ4n) is 7.74. The van der Waals surface area contributed by atoms with Gasteiger partial charge in [0.05, 0.1) is 23.8 Å². The number of esters is 3. The summed E-state index contributed by atoms with van der Waals surface area (Å²) in [6.45, 7) is 5.06. The number of hydrogen-bond acceptors (Lipinski definition) is 8. The van der Waals surface area contributed by atoms with Gasteiger partial charge < -0.3 is 24.6 Å². The van der Waals surface area contributed by atoms with Crippen LogP contribution in [0.25, 0.3) is 0 Å². The van der Waals surface area contributed by atoms with E-state index in [9.17, 15) is 24.3 Å². The Kier molecular flexibility index (Phi) is 30.5. The number of aliphatic hydroxyl groups excluding tert-OH is 1. The first-order valence-electron chi connectivity index (χ1n) is 23.9. The van der Waals surface area contributed by atoms with Gasteiger partial charge in [0.1, 0.15) is 6.10 Å². The molecule has 60 heavy (non-hydrogen) atoms. The van der Waals surface area contributed by atoms with Crippen LogP contribution in [0.5, 0.6) is 0 Å². The highest BCUT2D eigenvalue weighted by molar-refractivity contribution is 5.90. The van der Waals surface area contributed by atoms with Crippen molar-refractivity contribution in [2.45, 2.75) is 218 Å². The minimum absolute atomic E-state index is 0.277. The molecule has 0 saturated heterocycles. The molecule has 0 saturated carbocycles. The largest absolute Gasteiger partial charge is 0.455 e. The molecule has 1 amide bonds. The average molecular weight is 836 g/mol. The molecule has 0 aromatic heterocycles. The number of rotatable bonds is 37. The van der Waals surface area contributed by atoms with Crippen LogP contribution in [0.1, 0.15) is 215 Å². The van der Waals surface area contributed by atoms with Gasteiger partial charge in [0.2, 0.25) is 0 Å². The highest BCUT2D eigenvalue weighted by Gasteiger charge is 2.38. The molecule has 2 N–H and O–H groups in total. The SMILES string of the molecule is CCCCCCCCCCCCCCCCCCCCCC[C@@H](OC(C)=O)C(=O)N[C@@H](CO)[C@H](OC(=O)c1ccccc1)[C@@H](CCCCCCC)OC(=O)c1ccccc1. The summed E-state index contributed by atoms with van der Waals surface area (Å²) in [7, 11) is 0. The Morgan fingerprint density at radius 2 is 0.867 bits per heavy atom. The van der Waals surface area contributed by atoms with E-state index in [1.807, 2.05) is 0 Å². The molecule has 9 nitrogen and oxygen atoms in total. The van der Waals surface area contributed by atoms with Gasteiger partial charge in [-0.2, -0.15) is 0 Å². The summed E-state index contributed by atoms with van der Waals surface area (Å²) in [6, 6.07) is 15.8. The first kappa shape index (κ1) is 52.4. The Labute approximate surface area is 363 Å². The quantitative estimate of drug-likeness (QED) is 0.0391. The lowest BCUT2D eigenvalue weighted by Gasteiger charge is -2.33. The highest BCUT2D eigenvalue weighted by Crippen LogP contribution is 2.22. The van der Waals surface area contributed by atoms with E-state index >= 15 is 0 Å². The molecule has 4 atom stereocenters. The summed E-state index contributed by atoms with van der Waals surface area (Å²) in [5, 5.41) is 13.5. The Morgan fingerprint density at radius 3 is 1.25 bits per heavy atom. The van der Waals surface area contributed by atoms with Gasteiger partial charge >= 0.3 is 17.9 Å². The zero-order valence-corrected chi connectivity index (χ0v) is 37.7. The first-order valence-corrected chi connectivity index (χ1v) is 23.9. The Morgan fingerprint density at radius 1 is 0.500 bits per heavy atom. The molecule has 0 bridgehead atoms. The minimum atomic E-state index is -1.23.